The molecule has 1 fully saturated rings. The molecule has 2 aliphatic heterocycles. The summed E-state index contributed by atoms with van der Waals surface area (Å²) in [5, 5.41) is 28.7. The predicted octanol–water partition coefficient (Wildman–Crippen LogP) is -2.61. The van der Waals surface area contributed by atoms with Crippen molar-refractivity contribution in [3.8, 4) is 0 Å². The number of β-lactam (4-membered cyclic amide) rings is 1. The summed E-state index contributed by atoms with van der Waals surface area (Å²) >= 11 is 3.32. The summed E-state index contributed by atoms with van der Waals surface area (Å²) in [5.74, 6) is -3.17. The van der Waals surface area contributed by atoms with Crippen molar-refractivity contribution in [2.45, 2.75) is 11.4 Å². The fourth-order valence-corrected chi connectivity index (χ4v) is 5.66. The van der Waals surface area contributed by atoms with Crippen LogP contribution in [-0.4, -0.2) is 75.3 Å². The summed E-state index contributed by atoms with van der Waals surface area (Å²) in [6.45, 7) is 3.52. The zero-order valence-electron chi connectivity index (χ0n) is 18.6. The van der Waals surface area contributed by atoms with Crippen molar-refractivity contribution in [1.29, 1.82) is 0 Å². The monoisotopic (exact) mass is 547 g/mol. The first kappa shape index (κ1) is 28.9. The molecule has 2 atom stereocenters. The first-order valence-corrected chi connectivity index (χ1v) is 12.2. The van der Waals surface area contributed by atoms with E-state index in [-0.39, 0.29) is 64.2 Å². The molecule has 0 aliphatic carbocycles. The number of carboxylic acids is 1. The standard InChI is InChI=1S/C19H19N5O7S3.Na/c1-3-5-31-23-12(9-7-34-19(20)21-9)15(26)22-13-16(27)24-14(18(28)29)10(8-33-17(13)24)32-6-4-11(25)30-2;/h3-4,6-7,13,17H,1,5,8H2,2H3,(H2,20,21)(H,22,26)(H,28,29);/q;+1/p-1/b6-4-,23-12+;/t13-,17-;/m1./s1. The number of ether oxygens (including phenoxy) is 1. The molecule has 1 aromatic rings. The Morgan fingerprint density at radius 3 is 2.86 bits per heavy atom. The molecule has 1 aromatic heterocycles. The van der Waals surface area contributed by atoms with Gasteiger partial charge in [0.1, 0.15) is 29.1 Å². The minimum absolute atomic E-state index is 0. The number of fused-ring (bicyclic) bond motifs is 1. The normalized spacial score (nSPS) is 20.1. The van der Waals surface area contributed by atoms with Gasteiger partial charge in [0, 0.05) is 28.0 Å². The topological polar surface area (TPSA) is 180 Å². The minimum atomic E-state index is -1.31. The molecule has 0 unspecified atom stereocenters. The fourth-order valence-electron chi connectivity index (χ4n) is 2.82. The average molecular weight is 548 g/mol. The number of carbonyl (C=O) groups excluding carboxylic acids is 2. The van der Waals surface area contributed by atoms with Gasteiger partial charge in [-0.2, -0.15) is 0 Å². The van der Waals surface area contributed by atoms with Crippen LogP contribution in [0.15, 0.2) is 50.3 Å². The number of thiazole rings is 1. The molecule has 1 saturated heterocycles. The van der Waals surface area contributed by atoms with Gasteiger partial charge in [0.2, 0.25) is 0 Å². The largest absolute Gasteiger partial charge is 1.00 e. The van der Waals surface area contributed by atoms with Crippen molar-refractivity contribution in [3.63, 3.8) is 0 Å². The van der Waals surface area contributed by atoms with Crippen LogP contribution < -0.4 is 40.4 Å². The fraction of sp³-hybridized carbons (Fsp3) is 0.263. The molecule has 180 valence electrons. The minimum Gasteiger partial charge on any atom is -0.857 e. The number of amides is 1. The second-order valence-corrected chi connectivity index (χ2v) is 9.40. The van der Waals surface area contributed by atoms with E-state index >= 15 is 0 Å². The summed E-state index contributed by atoms with van der Waals surface area (Å²) in [6, 6.07) is -1.11. The molecule has 35 heavy (non-hydrogen) atoms. The van der Waals surface area contributed by atoms with E-state index in [1.807, 2.05) is 0 Å². The van der Waals surface area contributed by atoms with Gasteiger partial charge in [-0.1, -0.05) is 29.6 Å². The summed E-state index contributed by atoms with van der Waals surface area (Å²) < 4.78 is 4.50. The first-order chi connectivity index (χ1) is 16.3. The number of aliphatic carboxylic acids is 1. The SMILES string of the molecule is C=CCO/N=C(/C([O-])=N[C@@H]1C(=O)N2C(C(=O)O)=C(S/C=C\C(=O)OC)CS[C@H]12)c1csc(N)n1.[Na+]. The number of nitrogens with zero attached hydrogens (tertiary/aromatic N) is 4. The molecule has 0 radical (unpaired) electrons. The number of nitrogens with two attached hydrogens (primary N) is 1. The van der Waals surface area contributed by atoms with Crippen LogP contribution >= 0.6 is 34.9 Å². The van der Waals surface area contributed by atoms with E-state index in [4.69, 9.17) is 10.6 Å². The van der Waals surface area contributed by atoms with E-state index in [0.29, 0.717) is 4.91 Å². The van der Waals surface area contributed by atoms with Gasteiger partial charge in [-0.3, -0.25) is 14.7 Å². The number of anilines is 1. The van der Waals surface area contributed by atoms with Crippen LogP contribution in [0, 0.1) is 0 Å². The number of esters is 1. The van der Waals surface area contributed by atoms with E-state index < -0.39 is 35.2 Å². The molecule has 16 heteroatoms. The third kappa shape index (κ3) is 6.68. The Bertz CT molecular complexity index is 1130. The van der Waals surface area contributed by atoms with Crippen LogP contribution in [0.5, 0.6) is 0 Å². The predicted molar refractivity (Wildman–Crippen MR) is 127 cm³/mol. The number of nitrogen functional groups attached to an aromatic ring is 1. The number of aliphatic imine (C=N–C) groups is 1. The second kappa shape index (κ2) is 13.1. The van der Waals surface area contributed by atoms with E-state index in [0.717, 1.165) is 34.1 Å². The maximum Gasteiger partial charge on any atom is 1.00 e. The van der Waals surface area contributed by atoms with Crippen LogP contribution in [0.4, 0.5) is 5.13 Å². The van der Waals surface area contributed by atoms with E-state index in [1.54, 1.807) is 0 Å². The van der Waals surface area contributed by atoms with Crippen LogP contribution in [0.2, 0.25) is 0 Å². The molecule has 0 aromatic carbocycles. The van der Waals surface area contributed by atoms with Crippen LogP contribution in [0.25, 0.3) is 0 Å². The summed E-state index contributed by atoms with van der Waals surface area (Å²) in [5.41, 5.74) is 5.32. The molecule has 0 spiro atoms. The van der Waals surface area contributed by atoms with Crippen molar-refractivity contribution in [3.05, 3.63) is 45.8 Å². The molecule has 2 aliphatic rings. The number of carbonyl (C=O) groups is 3. The zero-order valence-corrected chi connectivity index (χ0v) is 23.0. The number of aromatic nitrogens is 1. The number of hydrogen-bond acceptors (Lipinski definition) is 13. The smallest absolute Gasteiger partial charge is 0.857 e. The number of oxime groups is 1. The Kier molecular flexibility index (Phi) is 10.9. The first-order valence-electron chi connectivity index (χ1n) is 9.38. The molecule has 3 rings (SSSR count). The maximum atomic E-state index is 12.8. The van der Waals surface area contributed by atoms with Crippen molar-refractivity contribution < 1.29 is 63.7 Å². The molecule has 3 N–H and O–H groups in total. The molecule has 3 heterocycles. The van der Waals surface area contributed by atoms with Crippen molar-refractivity contribution in [2.24, 2.45) is 10.1 Å². The van der Waals surface area contributed by atoms with Crippen molar-refractivity contribution >= 4 is 69.4 Å². The molecular formula is C19H18N5NaO7S3. The quantitative estimate of drug-likeness (QED) is 0.0361. The number of methoxy groups -OCH3 is 1. The summed E-state index contributed by atoms with van der Waals surface area (Å²) in [4.78, 5) is 50.3. The number of rotatable bonds is 10. The van der Waals surface area contributed by atoms with Crippen LogP contribution in [-0.2, 0) is 24.0 Å². The third-order valence-corrected chi connectivity index (χ3v) is 7.31. The summed E-state index contributed by atoms with van der Waals surface area (Å²) in [6.07, 6.45) is 2.57. The molecule has 12 nitrogen and oxygen atoms in total. The van der Waals surface area contributed by atoms with Gasteiger partial charge in [-0.15, -0.1) is 23.1 Å². The molecule has 0 bridgehead atoms. The van der Waals surface area contributed by atoms with Crippen molar-refractivity contribution in [2.75, 3.05) is 25.2 Å². The Hall–Kier alpha value is -2.30. The van der Waals surface area contributed by atoms with Gasteiger partial charge in [0.05, 0.1) is 7.11 Å². The zero-order chi connectivity index (χ0) is 24.8. The molecular weight excluding hydrogens is 529 g/mol. The van der Waals surface area contributed by atoms with Gasteiger partial charge < -0.3 is 25.5 Å². The Morgan fingerprint density at radius 1 is 1.51 bits per heavy atom. The van der Waals surface area contributed by atoms with Crippen LogP contribution in [0.1, 0.15) is 5.69 Å². The summed E-state index contributed by atoms with van der Waals surface area (Å²) in [7, 11) is 1.22. The average Bonchev–Trinajstić information content (AvgIpc) is 3.25. The maximum absolute atomic E-state index is 12.8. The number of thioether (sulfide) groups is 2. The number of hydrogen-bond donors (Lipinski definition) is 2. The van der Waals surface area contributed by atoms with Gasteiger partial charge >= 0.3 is 41.5 Å². The number of carboxylic acid groups (broad SMARTS) is 1. The van der Waals surface area contributed by atoms with Crippen molar-refractivity contribution in [1.82, 2.24) is 9.88 Å². The van der Waals surface area contributed by atoms with E-state index in [1.165, 1.54) is 35.7 Å². The Morgan fingerprint density at radius 2 is 2.26 bits per heavy atom. The van der Waals surface area contributed by atoms with Gasteiger partial charge in [0.25, 0.3) is 5.91 Å². The molecule has 1 amide bonds. The van der Waals surface area contributed by atoms with Gasteiger partial charge in [-0.25, -0.2) is 14.6 Å². The van der Waals surface area contributed by atoms with Gasteiger partial charge in [-0.05, 0) is 5.41 Å². The van der Waals surface area contributed by atoms with Crippen LogP contribution in [0.3, 0.4) is 0 Å². The third-order valence-electron chi connectivity index (χ3n) is 4.30. The Labute approximate surface area is 234 Å². The second-order valence-electron chi connectivity index (χ2n) is 6.40. The van der Waals surface area contributed by atoms with E-state index in [2.05, 4.69) is 26.4 Å². The van der Waals surface area contributed by atoms with E-state index in [9.17, 15) is 24.6 Å². The molecule has 0 saturated carbocycles. The van der Waals surface area contributed by atoms with Gasteiger partial charge in [0.15, 0.2) is 11.2 Å². The Balaban J connectivity index is 0.00000432.